The fourth-order valence-electron chi connectivity index (χ4n) is 15.5. The Morgan fingerprint density at radius 2 is 0.640 bits per heavy atom. The summed E-state index contributed by atoms with van der Waals surface area (Å²) in [7, 11) is 0. The average Bonchev–Trinajstić information content (AvgIpc) is 0.868. The van der Waals surface area contributed by atoms with E-state index in [-0.39, 0.29) is 24.3 Å². The van der Waals surface area contributed by atoms with Crippen LogP contribution in [0, 0.1) is 0 Å². The maximum Gasteiger partial charge on any atom is 0.252 e. The van der Waals surface area contributed by atoms with Gasteiger partial charge in [-0.15, -0.1) is 0 Å². The lowest BCUT2D eigenvalue weighted by atomic mass is 9.30. The summed E-state index contributed by atoms with van der Waals surface area (Å²) in [5.74, 6) is 0. The lowest BCUT2D eigenvalue weighted by Gasteiger charge is -2.47. The number of anilines is 9. The fraction of sp³-hybridized carbons (Fsp3) is 0.100. The first-order valence-electron chi connectivity index (χ1n) is 30.5. The van der Waals surface area contributed by atoms with Crippen molar-refractivity contribution in [3.8, 4) is 0 Å². The van der Waals surface area contributed by atoms with Gasteiger partial charge in [0.2, 0.25) is 6.71 Å². The predicted molar refractivity (Wildman–Crippen MR) is 373 cm³/mol. The number of rotatable bonds is 3. The first-order chi connectivity index (χ1) is 41.9. The summed E-state index contributed by atoms with van der Waals surface area (Å²) < 4.78 is 0. The molecule has 4 aliphatic rings. The highest BCUT2D eigenvalue weighted by atomic mass is 32.2. The van der Waals surface area contributed by atoms with E-state index in [1.54, 1.807) is 0 Å². The Kier molecular flexibility index (Phi) is 10.5. The van der Waals surface area contributed by atoms with Crippen LogP contribution < -0.4 is 47.5 Å². The molecular weight excluding hydrogens is 1060 g/mol. The minimum Gasteiger partial charge on any atom is -0.311 e. The molecule has 18 rings (SSSR count). The molecule has 0 fully saturated rings. The van der Waals surface area contributed by atoms with Crippen LogP contribution in [0.4, 0.5) is 51.2 Å². The molecule has 0 atom stereocenters. The van der Waals surface area contributed by atoms with Crippen LogP contribution in [-0.4, -0.2) is 13.4 Å². The monoisotopic (exact) mass is 1120 g/mol. The Morgan fingerprint density at radius 1 is 0.256 bits per heavy atom. The highest BCUT2D eigenvalue weighted by Gasteiger charge is 2.48. The summed E-state index contributed by atoms with van der Waals surface area (Å²) in [6, 6.07) is 95.7. The van der Waals surface area contributed by atoms with Gasteiger partial charge >= 0.3 is 0 Å². The quantitative estimate of drug-likeness (QED) is 0.129. The molecule has 86 heavy (non-hydrogen) atoms. The van der Waals surface area contributed by atoms with Crippen molar-refractivity contribution >= 4 is 174 Å². The molecule has 0 spiro atoms. The maximum absolute atomic E-state index is 2.68. The van der Waals surface area contributed by atoms with Gasteiger partial charge in [0.1, 0.15) is 0 Å². The summed E-state index contributed by atoms with van der Waals surface area (Å²) in [5, 5.41) is 15.2. The van der Waals surface area contributed by atoms with Crippen molar-refractivity contribution in [1.82, 2.24) is 0 Å². The van der Waals surface area contributed by atoms with Gasteiger partial charge in [0, 0.05) is 61.0 Å². The van der Waals surface area contributed by atoms with Gasteiger partial charge < -0.3 is 14.7 Å². The van der Waals surface area contributed by atoms with Crippen LogP contribution in [0.25, 0.3) is 64.6 Å². The van der Waals surface area contributed by atoms with Crippen molar-refractivity contribution in [1.29, 1.82) is 0 Å². The molecule has 14 aromatic rings. The van der Waals surface area contributed by atoms with E-state index in [0.717, 1.165) is 17.1 Å². The van der Waals surface area contributed by atoms with Crippen molar-refractivity contribution < 1.29 is 0 Å². The summed E-state index contributed by atoms with van der Waals surface area (Å²) >= 11 is 1.94. The van der Waals surface area contributed by atoms with Gasteiger partial charge in [-0.1, -0.05) is 229 Å². The lowest BCUT2D eigenvalue weighted by Crippen LogP contribution is -2.64. The third kappa shape index (κ3) is 7.08. The molecule has 3 nitrogen and oxygen atoms in total. The van der Waals surface area contributed by atoms with Gasteiger partial charge in [0.25, 0.3) is 6.71 Å². The number of hydrogen-bond donors (Lipinski definition) is 0. The number of para-hydroxylation sites is 2. The van der Waals surface area contributed by atoms with Gasteiger partial charge in [-0.3, -0.25) is 0 Å². The normalized spacial score (nSPS) is 14.0. The van der Waals surface area contributed by atoms with E-state index >= 15 is 0 Å². The van der Waals surface area contributed by atoms with Gasteiger partial charge in [-0.2, -0.15) is 0 Å². The van der Waals surface area contributed by atoms with E-state index in [0.29, 0.717) is 0 Å². The minimum absolute atomic E-state index is 0.0224. The number of nitrogens with zero attached hydrogens (tertiary/aromatic N) is 3. The first kappa shape index (κ1) is 49.9. The molecule has 14 aromatic carbocycles. The van der Waals surface area contributed by atoms with Crippen LogP contribution in [0.3, 0.4) is 0 Å². The van der Waals surface area contributed by atoms with Crippen LogP contribution >= 0.6 is 11.8 Å². The number of benzene rings is 14. The van der Waals surface area contributed by atoms with Crippen molar-refractivity contribution in [3.05, 3.63) is 260 Å². The SMILES string of the molecule is CC(C)(C)c1cc2c3c(c1)N(c1ccc4c5ccccc5c5ccccc5c4c1)c1cc4c(cc1B3c1ccccc1S2)B1c2ccccc2N(c2ccccc2)c2cc(C(C)(C)C)cc(c21)N4c1ccc2c3ccccc3c3ccccc3c2c1. The Balaban J connectivity index is 0.996. The van der Waals surface area contributed by atoms with Crippen LogP contribution in [0.15, 0.2) is 259 Å². The van der Waals surface area contributed by atoms with Crippen LogP contribution in [0.1, 0.15) is 52.7 Å². The molecule has 6 heteroatoms. The fourth-order valence-corrected chi connectivity index (χ4v) is 16.7. The molecule has 0 unspecified atom stereocenters. The summed E-state index contributed by atoms with van der Waals surface area (Å²) in [4.78, 5) is 10.6. The average molecular weight is 1120 g/mol. The second-order valence-corrected chi connectivity index (χ2v) is 27.4. The number of fused-ring (bicyclic) bond motifs is 20. The zero-order chi connectivity index (χ0) is 57.5. The Bertz CT molecular complexity index is 5220. The van der Waals surface area contributed by atoms with Crippen LogP contribution in [0.2, 0.25) is 0 Å². The molecule has 0 amide bonds. The van der Waals surface area contributed by atoms with Gasteiger partial charge in [0.15, 0.2) is 0 Å². The Morgan fingerprint density at radius 3 is 1.14 bits per heavy atom. The van der Waals surface area contributed by atoms with Crippen molar-refractivity contribution in [2.45, 2.75) is 62.2 Å². The van der Waals surface area contributed by atoms with E-state index < -0.39 is 0 Å². The van der Waals surface area contributed by atoms with E-state index in [9.17, 15) is 0 Å². The van der Waals surface area contributed by atoms with Gasteiger partial charge in [-0.25, -0.2) is 0 Å². The third-order valence-electron chi connectivity index (χ3n) is 19.5. The zero-order valence-corrected chi connectivity index (χ0v) is 49.9. The summed E-state index contributed by atoms with van der Waals surface area (Å²) in [6.07, 6.45) is 0. The Labute approximate surface area is 507 Å². The molecule has 4 heterocycles. The van der Waals surface area contributed by atoms with E-state index in [4.69, 9.17) is 0 Å². The molecule has 0 radical (unpaired) electrons. The molecule has 0 N–H and O–H groups in total. The van der Waals surface area contributed by atoms with Crippen LogP contribution in [-0.2, 0) is 10.8 Å². The topological polar surface area (TPSA) is 9.72 Å². The molecule has 406 valence electrons. The van der Waals surface area contributed by atoms with Crippen molar-refractivity contribution in [2.24, 2.45) is 0 Å². The van der Waals surface area contributed by atoms with E-state index in [1.165, 1.54) is 152 Å². The molecule has 0 saturated carbocycles. The second-order valence-electron chi connectivity index (χ2n) is 26.4. The smallest absolute Gasteiger partial charge is 0.252 e. The predicted octanol–water partition coefficient (Wildman–Crippen LogP) is 18.0. The molecular formula is C80H59B2N3S. The summed E-state index contributed by atoms with van der Waals surface area (Å²) in [6.45, 7) is 14.1. The molecule has 0 aliphatic carbocycles. The Hall–Kier alpha value is -9.48. The lowest BCUT2D eigenvalue weighted by molar-refractivity contribution is 0.589. The van der Waals surface area contributed by atoms with E-state index in [2.05, 4.69) is 305 Å². The molecule has 0 bridgehead atoms. The standard InChI is InChI=1S/C80H59B2N3S/c1-79(2,3)48-40-72-77-73(41-48)84(51-36-38-61-57-28-12-10-24-53(57)55-26-14-16-30-59(55)63(61)44-51)70-47-71-68(46-67(70)81(77)65-32-18-20-34-69(65)83(72)50-22-8-7-9-23-50)82-66-33-19-21-35-75(66)86-76-43-49(80(4,5)6)42-74(78(76)82)85(71)52-37-39-62-58-29-13-11-25-54(58)56-27-15-17-31-60(56)64(62)45-52/h7-47H,1-6H3. The molecule has 0 saturated heterocycles. The highest BCUT2D eigenvalue weighted by Crippen LogP contribution is 2.51. The first-order valence-corrected chi connectivity index (χ1v) is 31.3. The third-order valence-corrected chi connectivity index (χ3v) is 20.6. The molecule has 4 aliphatic heterocycles. The van der Waals surface area contributed by atoms with E-state index in [1.807, 2.05) is 11.8 Å². The van der Waals surface area contributed by atoms with Crippen LogP contribution in [0.5, 0.6) is 0 Å². The van der Waals surface area contributed by atoms with Gasteiger partial charge in [0.05, 0.1) is 0 Å². The number of hydrogen-bond acceptors (Lipinski definition) is 4. The largest absolute Gasteiger partial charge is 0.311 e. The molecule has 0 aromatic heterocycles. The highest BCUT2D eigenvalue weighted by molar-refractivity contribution is 8.00. The van der Waals surface area contributed by atoms with Gasteiger partial charge in [-0.05, 0) is 193 Å². The van der Waals surface area contributed by atoms with Crippen molar-refractivity contribution in [2.75, 3.05) is 14.7 Å². The van der Waals surface area contributed by atoms with Crippen molar-refractivity contribution in [3.63, 3.8) is 0 Å². The summed E-state index contributed by atoms with van der Waals surface area (Å²) in [5.41, 5.74) is 21.1. The second kappa shape index (κ2) is 18.0. The maximum atomic E-state index is 2.68. The zero-order valence-electron chi connectivity index (χ0n) is 49.1. The minimum atomic E-state index is -0.179.